The van der Waals surface area contributed by atoms with Crippen LogP contribution in [0.15, 0.2) is 42.5 Å². The third-order valence-electron chi connectivity index (χ3n) is 3.91. The number of ether oxygens (including phenoxy) is 2. The summed E-state index contributed by atoms with van der Waals surface area (Å²) in [5.74, 6) is -0.165. The van der Waals surface area contributed by atoms with Crippen LogP contribution in [0.1, 0.15) is 17.5 Å². The van der Waals surface area contributed by atoms with Crippen molar-refractivity contribution < 1.29 is 24.0 Å². The lowest BCUT2D eigenvalue weighted by Gasteiger charge is -2.17. The van der Waals surface area contributed by atoms with Crippen molar-refractivity contribution >= 4 is 23.3 Å². The number of hydrogen-bond donors (Lipinski definition) is 1. The first kappa shape index (κ1) is 17.4. The van der Waals surface area contributed by atoms with Gasteiger partial charge < -0.3 is 14.8 Å². The Morgan fingerprint density at radius 1 is 1.19 bits per heavy atom. The zero-order chi connectivity index (χ0) is 18.5. The second-order valence-corrected chi connectivity index (χ2v) is 5.70. The topological polar surface area (TPSA) is 108 Å². The van der Waals surface area contributed by atoms with Gasteiger partial charge in [0, 0.05) is 18.2 Å². The zero-order valence-electron chi connectivity index (χ0n) is 13.8. The van der Waals surface area contributed by atoms with E-state index in [-0.39, 0.29) is 24.8 Å². The Bertz CT molecular complexity index is 865. The van der Waals surface area contributed by atoms with Crippen LogP contribution >= 0.6 is 0 Å². The smallest absolute Gasteiger partial charge is 0.344 e. The highest BCUT2D eigenvalue weighted by atomic mass is 16.6. The third kappa shape index (κ3) is 4.15. The summed E-state index contributed by atoms with van der Waals surface area (Å²) >= 11 is 0. The first-order valence-electron chi connectivity index (χ1n) is 7.96. The molecule has 1 amide bonds. The van der Waals surface area contributed by atoms with Gasteiger partial charge >= 0.3 is 5.97 Å². The number of amides is 1. The van der Waals surface area contributed by atoms with Gasteiger partial charge in [-0.25, -0.2) is 4.79 Å². The van der Waals surface area contributed by atoms with Gasteiger partial charge in [0.1, 0.15) is 12.4 Å². The second kappa shape index (κ2) is 7.64. The van der Waals surface area contributed by atoms with Crippen molar-refractivity contribution in [2.75, 3.05) is 11.9 Å². The van der Waals surface area contributed by atoms with E-state index < -0.39 is 10.9 Å². The number of para-hydroxylation sites is 1. The van der Waals surface area contributed by atoms with E-state index in [1.807, 2.05) is 0 Å². The first-order chi connectivity index (χ1) is 12.5. The summed E-state index contributed by atoms with van der Waals surface area (Å²) < 4.78 is 10.4. The Labute approximate surface area is 148 Å². The minimum atomic E-state index is -0.630. The van der Waals surface area contributed by atoms with Gasteiger partial charge in [-0.05, 0) is 36.2 Å². The van der Waals surface area contributed by atoms with Crippen LogP contribution < -0.4 is 10.1 Å². The van der Waals surface area contributed by atoms with Crippen LogP contribution in [-0.4, -0.2) is 23.4 Å². The summed E-state index contributed by atoms with van der Waals surface area (Å²) in [4.78, 5) is 33.6. The van der Waals surface area contributed by atoms with E-state index in [0.717, 1.165) is 11.3 Å². The first-order valence-corrected chi connectivity index (χ1v) is 7.96. The number of esters is 1. The fourth-order valence-corrected chi connectivity index (χ4v) is 2.60. The summed E-state index contributed by atoms with van der Waals surface area (Å²) in [7, 11) is 0. The van der Waals surface area contributed by atoms with Gasteiger partial charge in [0.15, 0.2) is 6.61 Å². The van der Waals surface area contributed by atoms with Gasteiger partial charge in [-0.1, -0.05) is 12.1 Å². The van der Waals surface area contributed by atoms with Gasteiger partial charge in [0.05, 0.1) is 10.5 Å². The molecule has 2 aromatic carbocycles. The van der Waals surface area contributed by atoms with Crippen molar-refractivity contribution in [3.8, 4) is 5.75 Å². The summed E-state index contributed by atoms with van der Waals surface area (Å²) in [6, 6.07) is 11.2. The van der Waals surface area contributed by atoms with Crippen LogP contribution in [0.2, 0.25) is 0 Å². The molecule has 0 saturated carbocycles. The molecule has 0 spiro atoms. The lowest BCUT2D eigenvalue weighted by atomic mass is 10.0. The number of carbonyl (C=O) groups excluding carboxylic acids is 2. The van der Waals surface area contributed by atoms with E-state index in [0.29, 0.717) is 24.2 Å². The normalized spacial score (nSPS) is 12.7. The number of hydrogen-bond acceptors (Lipinski definition) is 6. The number of nitrogens with zero attached hydrogens (tertiary/aromatic N) is 1. The van der Waals surface area contributed by atoms with Crippen molar-refractivity contribution in [2.24, 2.45) is 0 Å². The molecule has 1 aliphatic rings. The lowest BCUT2D eigenvalue weighted by Crippen LogP contribution is -2.19. The van der Waals surface area contributed by atoms with Crippen molar-refractivity contribution in [3.63, 3.8) is 0 Å². The molecule has 1 N–H and O–H groups in total. The van der Waals surface area contributed by atoms with E-state index in [4.69, 9.17) is 9.47 Å². The number of nitro groups is 1. The monoisotopic (exact) mass is 356 g/mol. The van der Waals surface area contributed by atoms with Gasteiger partial charge in [-0.15, -0.1) is 0 Å². The SMILES string of the molecule is O=C1CCc2cc(OCC(=O)OCc3ccccc3[N+](=O)[O-])ccc2N1. The molecule has 0 bridgehead atoms. The Hall–Kier alpha value is -3.42. The fraction of sp³-hybridized carbons (Fsp3) is 0.222. The van der Waals surface area contributed by atoms with Crippen LogP contribution in [0.5, 0.6) is 5.75 Å². The lowest BCUT2D eigenvalue weighted by molar-refractivity contribution is -0.385. The number of rotatable bonds is 6. The minimum Gasteiger partial charge on any atom is -0.482 e. The third-order valence-corrected chi connectivity index (χ3v) is 3.91. The van der Waals surface area contributed by atoms with Gasteiger partial charge in [-0.3, -0.25) is 14.9 Å². The standard InChI is InChI=1S/C18H16N2O6/c21-17-8-5-12-9-14(6-7-15(12)19-17)25-11-18(22)26-10-13-3-1-2-4-16(13)20(23)24/h1-4,6-7,9H,5,8,10-11H2,(H,19,21). The highest BCUT2D eigenvalue weighted by Gasteiger charge is 2.16. The molecule has 2 aromatic rings. The molecular weight excluding hydrogens is 340 g/mol. The molecule has 0 saturated heterocycles. The molecule has 134 valence electrons. The molecular formula is C18H16N2O6. The van der Waals surface area contributed by atoms with E-state index >= 15 is 0 Å². The molecule has 0 fully saturated rings. The molecule has 0 atom stereocenters. The Morgan fingerprint density at radius 2 is 2.00 bits per heavy atom. The Kier molecular flexibility index (Phi) is 5.12. The van der Waals surface area contributed by atoms with E-state index in [9.17, 15) is 19.7 Å². The number of benzene rings is 2. The van der Waals surface area contributed by atoms with Gasteiger partial charge in [0.2, 0.25) is 5.91 Å². The van der Waals surface area contributed by atoms with Crippen molar-refractivity contribution in [1.29, 1.82) is 0 Å². The number of aryl methyl sites for hydroxylation is 1. The van der Waals surface area contributed by atoms with Crippen LogP contribution in [-0.2, 0) is 27.4 Å². The zero-order valence-corrected chi connectivity index (χ0v) is 13.8. The predicted molar refractivity (Wildman–Crippen MR) is 91.8 cm³/mol. The summed E-state index contributed by atoms with van der Waals surface area (Å²) in [5, 5.41) is 13.7. The van der Waals surface area contributed by atoms with Crippen molar-refractivity contribution in [3.05, 3.63) is 63.7 Å². The van der Waals surface area contributed by atoms with Crippen LogP contribution in [0.25, 0.3) is 0 Å². The number of carbonyl (C=O) groups is 2. The number of nitrogens with one attached hydrogen (secondary N) is 1. The summed E-state index contributed by atoms with van der Waals surface area (Å²) in [5.41, 5.74) is 1.90. The average Bonchev–Trinajstić information content (AvgIpc) is 2.64. The maximum absolute atomic E-state index is 11.8. The Balaban J connectivity index is 1.53. The quantitative estimate of drug-likeness (QED) is 0.484. The number of anilines is 1. The molecule has 8 nitrogen and oxygen atoms in total. The van der Waals surface area contributed by atoms with Crippen molar-refractivity contribution in [1.82, 2.24) is 0 Å². The molecule has 0 radical (unpaired) electrons. The van der Waals surface area contributed by atoms with E-state index in [2.05, 4.69) is 5.32 Å². The molecule has 26 heavy (non-hydrogen) atoms. The van der Waals surface area contributed by atoms with Crippen molar-refractivity contribution in [2.45, 2.75) is 19.4 Å². The molecule has 0 aliphatic carbocycles. The summed E-state index contributed by atoms with van der Waals surface area (Å²) in [6.07, 6.45) is 1.02. The maximum Gasteiger partial charge on any atom is 0.344 e. The van der Waals surface area contributed by atoms with Crippen LogP contribution in [0.3, 0.4) is 0 Å². The van der Waals surface area contributed by atoms with Crippen LogP contribution in [0, 0.1) is 10.1 Å². The molecule has 0 unspecified atom stereocenters. The van der Waals surface area contributed by atoms with Gasteiger partial charge in [0.25, 0.3) is 5.69 Å². The molecule has 8 heteroatoms. The second-order valence-electron chi connectivity index (χ2n) is 5.70. The molecule has 3 rings (SSSR count). The number of fused-ring (bicyclic) bond motifs is 1. The van der Waals surface area contributed by atoms with E-state index in [1.54, 1.807) is 30.3 Å². The largest absolute Gasteiger partial charge is 0.482 e. The average molecular weight is 356 g/mol. The Morgan fingerprint density at radius 3 is 2.81 bits per heavy atom. The number of nitro benzene ring substituents is 1. The highest BCUT2D eigenvalue weighted by Crippen LogP contribution is 2.26. The highest BCUT2D eigenvalue weighted by molar-refractivity contribution is 5.94. The minimum absolute atomic E-state index is 0.0234. The fourth-order valence-electron chi connectivity index (χ4n) is 2.60. The van der Waals surface area contributed by atoms with Crippen LogP contribution in [0.4, 0.5) is 11.4 Å². The maximum atomic E-state index is 11.8. The summed E-state index contributed by atoms with van der Waals surface area (Å²) in [6.45, 7) is -0.513. The molecule has 1 aliphatic heterocycles. The molecule has 0 aromatic heterocycles. The van der Waals surface area contributed by atoms with E-state index in [1.165, 1.54) is 12.1 Å². The van der Waals surface area contributed by atoms with Gasteiger partial charge in [-0.2, -0.15) is 0 Å². The molecule has 1 heterocycles. The predicted octanol–water partition coefficient (Wildman–Crippen LogP) is 2.60.